The van der Waals surface area contributed by atoms with Crippen molar-refractivity contribution >= 4 is 17.2 Å². The normalized spacial score (nSPS) is 21.0. The maximum Gasteiger partial charge on any atom is 0.133 e. The van der Waals surface area contributed by atoms with Gasteiger partial charge in [-0.15, -0.1) is 11.3 Å². The molecule has 25 heavy (non-hydrogen) atoms. The number of aromatic nitrogens is 1. The molecule has 2 aromatic heterocycles. The molecule has 1 atom stereocenters. The molecular formula is C19H25N3O2S. The van der Waals surface area contributed by atoms with Gasteiger partial charge >= 0.3 is 0 Å². The zero-order valence-corrected chi connectivity index (χ0v) is 15.3. The van der Waals surface area contributed by atoms with Crippen LogP contribution in [0.25, 0.3) is 0 Å². The maximum atomic E-state index is 5.78. The summed E-state index contributed by atoms with van der Waals surface area (Å²) in [6.07, 6.45) is 4.54. The number of nitrogens with one attached hydrogen (secondary N) is 1. The Morgan fingerprint density at radius 3 is 2.92 bits per heavy atom. The van der Waals surface area contributed by atoms with Crippen LogP contribution in [0.2, 0.25) is 0 Å². The minimum atomic E-state index is 0.324. The average molecular weight is 359 g/mol. The number of ether oxygens (including phenoxy) is 2. The summed E-state index contributed by atoms with van der Waals surface area (Å²) >= 11 is 1.87. The standard InChI is InChI=1S/C19H25N3O2S/c1-3-15(19(21-7-1)22-8-11-23-12-9-22)13-20-14-16-5-6-18(25-16)17-4-2-10-24-17/h1,3,5-7,17,20H,2,4,8-14H2/t17-/m0/s1. The second-order valence-corrected chi connectivity index (χ2v) is 7.69. The van der Waals surface area contributed by atoms with Gasteiger partial charge in [-0.3, -0.25) is 0 Å². The van der Waals surface area contributed by atoms with Crippen LogP contribution < -0.4 is 10.2 Å². The molecule has 0 saturated carbocycles. The number of hydrogen-bond donors (Lipinski definition) is 1. The van der Waals surface area contributed by atoms with E-state index in [0.717, 1.165) is 58.2 Å². The Balaban J connectivity index is 1.34. The third kappa shape index (κ3) is 4.20. The van der Waals surface area contributed by atoms with E-state index in [1.54, 1.807) is 0 Å². The van der Waals surface area contributed by atoms with Crippen molar-refractivity contribution in [2.75, 3.05) is 37.8 Å². The molecule has 2 saturated heterocycles. The zero-order valence-electron chi connectivity index (χ0n) is 14.4. The van der Waals surface area contributed by atoms with Crippen molar-refractivity contribution < 1.29 is 9.47 Å². The lowest BCUT2D eigenvalue weighted by Crippen LogP contribution is -2.37. The predicted molar refractivity (Wildman–Crippen MR) is 100 cm³/mol. The first-order valence-electron chi connectivity index (χ1n) is 9.08. The molecule has 4 heterocycles. The second-order valence-electron chi connectivity index (χ2n) is 6.49. The highest BCUT2D eigenvalue weighted by Gasteiger charge is 2.19. The molecule has 0 aromatic carbocycles. The van der Waals surface area contributed by atoms with Crippen molar-refractivity contribution in [3.63, 3.8) is 0 Å². The minimum Gasteiger partial charge on any atom is -0.378 e. The highest BCUT2D eigenvalue weighted by molar-refractivity contribution is 7.12. The SMILES string of the molecule is c1cnc(N2CCOCC2)c(CNCc2ccc([C@@H]3CCCO3)s2)c1. The summed E-state index contributed by atoms with van der Waals surface area (Å²) in [5.41, 5.74) is 1.25. The summed E-state index contributed by atoms with van der Waals surface area (Å²) in [7, 11) is 0. The third-order valence-corrected chi connectivity index (χ3v) is 5.90. The van der Waals surface area contributed by atoms with Crippen LogP contribution in [0.3, 0.4) is 0 Å². The van der Waals surface area contributed by atoms with E-state index < -0.39 is 0 Å². The Bertz CT molecular complexity index is 679. The summed E-state index contributed by atoms with van der Waals surface area (Å²) in [6, 6.07) is 8.63. The molecule has 0 bridgehead atoms. The van der Waals surface area contributed by atoms with Crippen LogP contribution in [0.5, 0.6) is 0 Å². The summed E-state index contributed by atoms with van der Waals surface area (Å²) in [4.78, 5) is 9.65. The molecule has 0 amide bonds. The van der Waals surface area contributed by atoms with Gasteiger partial charge in [-0.1, -0.05) is 6.07 Å². The predicted octanol–water partition coefficient (Wildman–Crippen LogP) is 3.12. The molecule has 1 N–H and O–H groups in total. The van der Waals surface area contributed by atoms with Gasteiger partial charge in [-0.25, -0.2) is 4.98 Å². The van der Waals surface area contributed by atoms with E-state index in [2.05, 4.69) is 33.4 Å². The van der Waals surface area contributed by atoms with Gasteiger partial charge in [0.25, 0.3) is 0 Å². The van der Waals surface area contributed by atoms with Crippen molar-refractivity contribution in [1.82, 2.24) is 10.3 Å². The van der Waals surface area contributed by atoms with Crippen molar-refractivity contribution in [3.8, 4) is 0 Å². The lowest BCUT2D eigenvalue weighted by Gasteiger charge is -2.29. The van der Waals surface area contributed by atoms with E-state index in [-0.39, 0.29) is 0 Å². The Morgan fingerprint density at radius 2 is 2.08 bits per heavy atom. The molecule has 2 aliphatic heterocycles. The van der Waals surface area contributed by atoms with Crippen molar-refractivity contribution in [2.24, 2.45) is 0 Å². The lowest BCUT2D eigenvalue weighted by atomic mass is 10.2. The average Bonchev–Trinajstić information content (AvgIpc) is 3.35. The van der Waals surface area contributed by atoms with Gasteiger partial charge in [0, 0.05) is 54.3 Å². The molecule has 6 heteroatoms. The molecule has 2 fully saturated rings. The topological polar surface area (TPSA) is 46.6 Å². The highest BCUT2D eigenvalue weighted by Crippen LogP contribution is 2.33. The highest BCUT2D eigenvalue weighted by atomic mass is 32.1. The summed E-state index contributed by atoms with van der Waals surface area (Å²) in [6.45, 7) is 6.01. The van der Waals surface area contributed by atoms with Crippen molar-refractivity contribution in [2.45, 2.75) is 32.0 Å². The van der Waals surface area contributed by atoms with Crippen molar-refractivity contribution in [3.05, 3.63) is 45.8 Å². The van der Waals surface area contributed by atoms with E-state index in [4.69, 9.17) is 9.47 Å². The Kier molecular flexibility index (Phi) is 5.62. The fourth-order valence-electron chi connectivity index (χ4n) is 3.41. The number of thiophene rings is 1. The first-order chi connectivity index (χ1) is 12.4. The van der Waals surface area contributed by atoms with Crippen LogP contribution in [0, 0.1) is 0 Å². The van der Waals surface area contributed by atoms with Crippen LogP contribution >= 0.6 is 11.3 Å². The third-order valence-electron chi connectivity index (χ3n) is 4.72. The molecule has 2 aliphatic rings. The largest absolute Gasteiger partial charge is 0.378 e. The fraction of sp³-hybridized carbons (Fsp3) is 0.526. The van der Waals surface area contributed by atoms with Gasteiger partial charge < -0.3 is 19.7 Å². The van der Waals surface area contributed by atoms with Gasteiger partial charge in [-0.2, -0.15) is 0 Å². The van der Waals surface area contributed by atoms with Crippen LogP contribution in [-0.4, -0.2) is 37.9 Å². The maximum absolute atomic E-state index is 5.78. The molecule has 4 rings (SSSR count). The number of pyridine rings is 1. The molecule has 0 aliphatic carbocycles. The van der Waals surface area contributed by atoms with Gasteiger partial charge in [0.1, 0.15) is 5.82 Å². The summed E-state index contributed by atoms with van der Waals surface area (Å²) in [5.74, 6) is 1.09. The van der Waals surface area contributed by atoms with E-state index in [0.29, 0.717) is 6.10 Å². The van der Waals surface area contributed by atoms with Gasteiger partial charge in [0.15, 0.2) is 0 Å². The van der Waals surface area contributed by atoms with E-state index in [1.165, 1.54) is 21.7 Å². The number of anilines is 1. The van der Waals surface area contributed by atoms with Crippen molar-refractivity contribution in [1.29, 1.82) is 0 Å². The fourth-order valence-corrected chi connectivity index (χ4v) is 4.48. The molecule has 0 unspecified atom stereocenters. The van der Waals surface area contributed by atoms with Gasteiger partial charge in [-0.05, 0) is 31.0 Å². The number of hydrogen-bond acceptors (Lipinski definition) is 6. The Morgan fingerprint density at radius 1 is 1.16 bits per heavy atom. The van der Waals surface area contributed by atoms with Gasteiger partial charge in [0.05, 0.1) is 19.3 Å². The Hall–Kier alpha value is -1.47. The van der Waals surface area contributed by atoms with Gasteiger partial charge in [0.2, 0.25) is 0 Å². The zero-order chi connectivity index (χ0) is 16.9. The monoisotopic (exact) mass is 359 g/mol. The van der Waals surface area contributed by atoms with E-state index in [9.17, 15) is 0 Å². The second kappa shape index (κ2) is 8.27. The Labute approximate surface area is 153 Å². The smallest absolute Gasteiger partial charge is 0.133 e. The molecule has 5 nitrogen and oxygen atoms in total. The minimum absolute atomic E-state index is 0.324. The van der Waals surface area contributed by atoms with Crippen LogP contribution in [-0.2, 0) is 22.6 Å². The molecular weight excluding hydrogens is 334 g/mol. The number of rotatable bonds is 6. The summed E-state index contributed by atoms with van der Waals surface area (Å²) < 4.78 is 11.2. The van der Waals surface area contributed by atoms with E-state index in [1.807, 2.05) is 23.6 Å². The van der Waals surface area contributed by atoms with Crippen LogP contribution in [0.4, 0.5) is 5.82 Å². The molecule has 0 spiro atoms. The first kappa shape index (κ1) is 17.0. The van der Waals surface area contributed by atoms with Crippen LogP contribution in [0.15, 0.2) is 30.5 Å². The number of morpholine rings is 1. The van der Waals surface area contributed by atoms with Crippen LogP contribution in [0.1, 0.15) is 34.3 Å². The molecule has 0 radical (unpaired) electrons. The molecule has 2 aromatic rings. The number of nitrogens with zero attached hydrogens (tertiary/aromatic N) is 2. The van der Waals surface area contributed by atoms with E-state index >= 15 is 0 Å². The molecule has 134 valence electrons. The first-order valence-corrected chi connectivity index (χ1v) is 9.89. The summed E-state index contributed by atoms with van der Waals surface area (Å²) in [5, 5.41) is 3.57. The lowest BCUT2D eigenvalue weighted by molar-refractivity contribution is 0.114. The quantitative estimate of drug-likeness (QED) is 0.859.